The van der Waals surface area contributed by atoms with Gasteiger partial charge in [0.2, 0.25) is 0 Å². The summed E-state index contributed by atoms with van der Waals surface area (Å²) in [5.74, 6) is 0. The van der Waals surface area contributed by atoms with Crippen LogP contribution in [-0.4, -0.2) is 37.1 Å². The molecule has 1 N–H and O–H groups in total. The van der Waals surface area contributed by atoms with E-state index in [1.165, 1.54) is 58.0 Å². The maximum atomic E-state index is 3.45. The lowest BCUT2D eigenvalue weighted by atomic mass is 9.92. The van der Waals surface area contributed by atoms with E-state index in [2.05, 4.69) is 17.3 Å². The lowest BCUT2D eigenvalue weighted by molar-refractivity contribution is 0.115. The van der Waals surface area contributed by atoms with Crippen molar-refractivity contribution in [2.45, 2.75) is 57.0 Å². The zero-order chi connectivity index (χ0) is 9.80. The Morgan fingerprint density at radius 2 is 1.31 bits per heavy atom. The summed E-state index contributed by atoms with van der Waals surface area (Å²) in [6.07, 6.45) is 9.98. The van der Waals surface area contributed by atoms with Gasteiger partial charge in [-0.15, -0.1) is 24.8 Å². The first-order valence-corrected chi connectivity index (χ1v) is 6.30. The molecule has 2 fully saturated rings. The summed E-state index contributed by atoms with van der Waals surface area (Å²) >= 11 is 0. The molecule has 98 valence electrons. The highest BCUT2D eigenvalue weighted by atomic mass is 35.5. The number of nitrogens with one attached hydrogen (secondary N) is 1. The van der Waals surface area contributed by atoms with Gasteiger partial charge in [-0.05, 0) is 45.8 Å². The van der Waals surface area contributed by atoms with E-state index in [1.54, 1.807) is 0 Å². The van der Waals surface area contributed by atoms with Crippen molar-refractivity contribution in [2.24, 2.45) is 0 Å². The third-order valence-electron chi connectivity index (χ3n) is 4.04. The van der Waals surface area contributed by atoms with E-state index in [9.17, 15) is 0 Å². The second-order valence-electron chi connectivity index (χ2n) is 4.94. The monoisotopic (exact) mass is 268 g/mol. The summed E-state index contributed by atoms with van der Waals surface area (Å²) in [5.41, 5.74) is 0. The Labute approximate surface area is 112 Å². The molecule has 0 bridgehead atoms. The van der Waals surface area contributed by atoms with Gasteiger partial charge < -0.3 is 10.2 Å². The van der Waals surface area contributed by atoms with E-state index in [0.717, 1.165) is 12.1 Å². The zero-order valence-corrected chi connectivity index (χ0v) is 11.9. The summed E-state index contributed by atoms with van der Waals surface area (Å²) < 4.78 is 0. The largest absolute Gasteiger partial charge is 0.317 e. The molecule has 0 amide bonds. The van der Waals surface area contributed by atoms with Crippen molar-refractivity contribution >= 4 is 24.8 Å². The molecule has 1 aliphatic heterocycles. The van der Waals surface area contributed by atoms with Crippen LogP contribution in [0.3, 0.4) is 0 Å². The van der Waals surface area contributed by atoms with Crippen LogP contribution in [0.5, 0.6) is 0 Å². The standard InChI is InChI=1S/C12H24N2.2ClH/c1-14(11-5-3-2-4-6-11)12-7-9-13-10-8-12;;/h11-13H,2-10H2,1H3;2*1H. The first kappa shape index (κ1) is 16.5. The SMILES string of the molecule is CN(C1CCCCC1)C1CCNCC1.Cl.Cl. The lowest BCUT2D eigenvalue weighted by Crippen LogP contribution is -2.46. The number of nitrogens with zero attached hydrogens (tertiary/aromatic N) is 1. The van der Waals surface area contributed by atoms with E-state index < -0.39 is 0 Å². The van der Waals surface area contributed by atoms with Crippen LogP contribution < -0.4 is 5.32 Å². The fraction of sp³-hybridized carbons (Fsp3) is 1.00. The molecule has 0 radical (unpaired) electrons. The first-order valence-electron chi connectivity index (χ1n) is 6.30. The van der Waals surface area contributed by atoms with Crippen molar-refractivity contribution in [3.8, 4) is 0 Å². The highest BCUT2D eigenvalue weighted by Gasteiger charge is 2.25. The second kappa shape index (κ2) is 8.57. The third kappa shape index (κ3) is 4.40. The Kier molecular flexibility index (Phi) is 8.84. The molecule has 16 heavy (non-hydrogen) atoms. The normalized spacial score (nSPS) is 23.6. The molecule has 2 rings (SSSR count). The summed E-state index contributed by atoms with van der Waals surface area (Å²) in [7, 11) is 2.35. The minimum Gasteiger partial charge on any atom is -0.317 e. The number of rotatable bonds is 2. The van der Waals surface area contributed by atoms with Gasteiger partial charge in [0, 0.05) is 12.1 Å². The number of hydrogen-bond donors (Lipinski definition) is 1. The Balaban J connectivity index is 0.00000112. The van der Waals surface area contributed by atoms with Crippen LogP contribution in [0.25, 0.3) is 0 Å². The fourth-order valence-electron chi connectivity index (χ4n) is 3.00. The number of piperidine rings is 1. The minimum absolute atomic E-state index is 0. The molecule has 1 heterocycles. The molecular weight excluding hydrogens is 243 g/mol. The molecule has 0 aromatic heterocycles. The van der Waals surface area contributed by atoms with Crippen molar-refractivity contribution in [3.63, 3.8) is 0 Å². The van der Waals surface area contributed by atoms with Crippen molar-refractivity contribution in [1.29, 1.82) is 0 Å². The van der Waals surface area contributed by atoms with Crippen molar-refractivity contribution in [2.75, 3.05) is 20.1 Å². The molecule has 1 aliphatic carbocycles. The van der Waals surface area contributed by atoms with Gasteiger partial charge in [0.05, 0.1) is 0 Å². The summed E-state index contributed by atoms with van der Waals surface area (Å²) in [6.45, 7) is 2.45. The molecule has 0 atom stereocenters. The molecular formula is C12H26Cl2N2. The predicted octanol–water partition coefficient (Wildman–Crippen LogP) is 2.85. The van der Waals surface area contributed by atoms with E-state index in [0.29, 0.717) is 0 Å². The van der Waals surface area contributed by atoms with Crippen LogP contribution in [-0.2, 0) is 0 Å². The smallest absolute Gasteiger partial charge is 0.0119 e. The molecule has 4 heteroatoms. The first-order chi connectivity index (χ1) is 6.88. The fourth-order valence-corrected chi connectivity index (χ4v) is 3.00. The van der Waals surface area contributed by atoms with Gasteiger partial charge in [0.25, 0.3) is 0 Å². The highest BCUT2D eigenvalue weighted by molar-refractivity contribution is 5.85. The summed E-state index contributed by atoms with van der Waals surface area (Å²) in [6, 6.07) is 1.76. The Morgan fingerprint density at radius 3 is 1.88 bits per heavy atom. The maximum Gasteiger partial charge on any atom is 0.0119 e. The second-order valence-corrected chi connectivity index (χ2v) is 4.94. The summed E-state index contributed by atoms with van der Waals surface area (Å²) in [5, 5.41) is 3.45. The van der Waals surface area contributed by atoms with E-state index in [4.69, 9.17) is 0 Å². The molecule has 0 aromatic rings. The summed E-state index contributed by atoms with van der Waals surface area (Å²) in [4.78, 5) is 2.68. The van der Waals surface area contributed by atoms with Gasteiger partial charge >= 0.3 is 0 Å². The van der Waals surface area contributed by atoms with Crippen LogP contribution in [0.15, 0.2) is 0 Å². The number of halogens is 2. The predicted molar refractivity (Wildman–Crippen MR) is 75.0 cm³/mol. The Morgan fingerprint density at radius 1 is 0.812 bits per heavy atom. The van der Waals surface area contributed by atoms with Crippen molar-refractivity contribution in [3.05, 3.63) is 0 Å². The average molecular weight is 269 g/mol. The van der Waals surface area contributed by atoms with Crippen molar-refractivity contribution in [1.82, 2.24) is 10.2 Å². The molecule has 0 spiro atoms. The van der Waals surface area contributed by atoms with E-state index >= 15 is 0 Å². The van der Waals surface area contributed by atoms with Crippen LogP contribution in [0, 0.1) is 0 Å². The van der Waals surface area contributed by atoms with Gasteiger partial charge in [-0.3, -0.25) is 0 Å². The van der Waals surface area contributed by atoms with Gasteiger partial charge in [0.1, 0.15) is 0 Å². The van der Waals surface area contributed by atoms with Gasteiger partial charge in [-0.1, -0.05) is 19.3 Å². The lowest BCUT2D eigenvalue weighted by Gasteiger charge is -2.39. The van der Waals surface area contributed by atoms with E-state index in [-0.39, 0.29) is 24.8 Å². The molecule has 1 saturated heterocycles. The Bertz CT molecular complexity index is 148. The van der Waals surface area contributed by atoms with Crippen LogP contribution >= 0.6 is 24.8 Å². The minimum atomic E-state index is 0. The third-order valence-corrected chi connectivity index (χ3v) is 4.04. The van der Waals surface area contributed by atoms with Gasteiger partial charge in [0.15, 0.2) is 0 Å². The highest BCUT2D eigenvalue weighted by Crippen LogP contribution is 2.25. The van der Waals surface area contributed by atoms with Crippen molar-refractivity contribution < 1.29 is 0 Å². The van der Waals surface area contributed by atoms with Gasteiger partial charge in [-0.2, -0.15) is 0 Å². The molecule has 0 unspecified atom stereocenters. The topological polar surface area (TPSA) is 15.3 Å². The Hall–Kier alpha value is 0.500. The molecule has 2 nitrogen and oxygen atoms in total. The number of hydrogen-bond acceptors (Lipinski definition) is 2. The molecule has 0 aromatic carbocycles. The average Bonchev–Trinajstić information content (AvgIpc) is 2.30. The van der Waals surface area contributed by atoms with E-state index in [1.807, 2.05) is 0 Å². The van der Waals surface area contributed by atoms with Gasteiger partial charge in [-0.25, -0.2) is 0 Å². The molecule has 2 aliphatic rings. The van der Waals surface area contributed by atoms with Crippen LogP contribution in [0.2, 0.25) is 0 Å². The zero-order valence-electron chi connectivity index (χ0n) is 10.3. The maximum absolute atomic E-state index is 3.45. The molecule has 1 saturated carbocycles. The van der Waals surface area contributed by atoms with Crippen LogP contribution in [0.4, 0.5) is 0 Å². The van der Waals surface area contributed by atoms with Crippen LogP contribution in [0.1, 0.15) is 44.9 Å². The quantitative estimate of drug-likeness (QED) is 0.829.